The lowest BCUT2D eigenvalue weighted by atomic mass is 9.92. The van der Waals surface area contributed by atoms with Crippen LogP contribution in [0.3, 0.4) is 0 Å². The molecule has 0 radical (unpaired) electrons. The maximum atomic E-state index is 17.4. The van der Waals surface area contributed by atoms with Gasteiger partial charge >= 0.3 is 58.8 Å². The van der Waals surface area contributed by atoms with Gasteiger partial charge in [-0.3, -0.25) is 19.2 Å². The van der Waals surface area contributed by atoms with E-state index in [0.717, 1.165) is 82.3 Å². The van der Waals surface area contributed by atoms with E-state index >= 15 is 26.3 Å². The summed E-state index contributed by atoms with van der Waals surface area (Å²) < 4.78 is 162. The van der Waals surface area contributed by atoms with Crippen LogP contribution in [0.25, 0.3) is 51.5 Å². The fraction of sp³-hybridized carbons (Fsp3) is 0.547. The first-order chi connectivity index (χ1) is 49.1. The summed E-state index contributed by atoms with van der Waals surface area (Å²) in [5, 5.41) is 0. The first-order valence-electron chi connectivity index (χ1n) is 36.2. The average Bonchev–Trinajstić information content (AvgIpc) is 1.52. The Morgan fingerprint density at radius 3 is 1.12 bits per heavy atom. The van der Waals surface area contributed by atoms with Gasteiger partial charge in [0.25, 0.3) is 0 Å². The Labute approximate surface area is 641 Å². The molecule has 6 aromatic rings. The zero-order valence-electron chi connectivity index (χ0n) is 63.8. The number of carbonyl (C=O) groups excluding carboxylic acids is 4. The minimum absolute atomic E-state index is 0.00147. The maximum absolute atomic E-state index is 17.4. The molecule has 0 atom stereocenters. The first-order valence-corrected chi connectivity index (χ1v) is 54.5. The van der Waals surface area contributed by atoms with Crippen LogP contribution in [0, 0.1) is 0 Å². The molecule has 1 aliphatic rings. The molecule has 0 aliphatic heterocycles. The molecule has 0 spiro atoms. The van der Waals surface area contributed by atoms with Crippen molar-refractivity contribution < 1.29 is 90.4 Å². The number of alkyl halides is 6. The number of thiophene rings is 4. The van der Waals surface area contributed by atoms with Crippen LogP contribution >= 0.6 is 45.3 Å². The van der Waals surface area contributed by atoms with Crippen LogP contribution < -0.4 is 9.47 Å². The molecule has 0 saturated heterocycles. The van der Waals surface area contributed by atoms with Gasteiger partial charge in [0.05, 0.1) is 38.9 Å². The standard InChI is InChI=1S/C75H106F6O14S4Si6/c1-17-19-45-100-92-104(13,14)94-102(9,10)47-21-39-86-41-43-88-63(82)35-37-65(84)90-53-27-23-51(24-28-53)69-55(49-59(98-69)57-31-33-61(96-57)71(3,4)5)67-68(74(78,79)75(80,81)73(67,76)77)56-50-60(58-32-34-62(97-58)72(6,7)8)99-70(56)52-25-29-54(30-26-52)91-66(85)38-36-64(83)89-44-42-87-40-22-48-103(11,12)95-105(15,16)93-101-46-20-18-2/h23-34,49-50H,17-22,35-48,100-101H2,1-16H3. The smallest absolute Gasteiger partial charge is 0.380 e. The van der Waals surface area contributed by atoms with Crippen molar-refractivity contribution in [3.8, 4) is 51.9 Å². The van der Waals surface area contributed by atoms with Gasteiger partial charge in [-0.1, -0.05) is 81.1 Å². The van der Waals surface area contributed by atoms with Crippen molar-refractivity contribution in [3.05, 3.63) is 106 Å². The highest BCUT2D eigenvalue weighted by Crippen LogP contribution is 2.68. The molecule has 580 valence electrons. The highest BCUT2D eigenvalue weighted by atomic mass is 32.1. The summed E-state index contributed by atoms with van der Waals surface area (Å²) >= 11 is 4.62. The number of unbranched alkanes of at least 4 members (excludes halogenated alkanes) is 2. The van der Waals surface area contributed by atoms with Crippen molar-refractivity contribution in [2.75, 3.05) is 39.6 Å². The topological polar surface area (TPSA) is 161 Å². The van der Waals surface area contributed by atoms with E-state index in [1.165, 1.54) is 96.2 Å². The number of rotatable bonds is 42. The highest BCUT2D eigenvalue weighted by Gasteiger charge is 2.80. The molecule has 2 aromatic carbocycles. The van der Waals surface area contributed by atoms with Crippen LogP contribution in [0.2, 0.25) is 76.6 Å². The van der Waals surface area contributed by atoms with Gasteiger partial charge in [0.15, 0.2) is 16.6 Å². The summed E-state index contributed by atoms with van der Waals surface area (Å²) in [7, 11) is -9.56. The normalized spacial score (nSPS) is 15.1. The monoisotopic (exact) mass is 1640 g/mol. The zero-order chi connectivity index (χ0) is 77.4. The molecule has 0 saturated carbocycles. The summed E-state index contributed by atoms with van der Waals surface area (Å²) in [6.07, 6.45) is 4.93. The van der Waals surface area contributed by atoms with Gasteiger partial charge in [0.1, 0.15) is 44.2 Å². The van der Waals surface area contributed by atoms with Crippen LogP contribution in [0.5, 0.6) is 11.5 Å². The third-order valence-electron chi connectivity index (χ3n) is 17.2. The molecule has 14 nitrogen and oxygen atoms in total. The summed E-state index contributed by atoms with van der Waals surface area (Å²) in [4.78, 5) is 55.3. The number of ether oxygens (including phenoxy) is 6. The molecular weight excluding hydrogens is 1540 g/mol. The molecule has 4 heterocycles. The Balaban J connectivity index is 1.07. The molecule has 4 aromatic heterocycles. The van der Waals surface area contributed by atoms with Crippen molar-refractivity contribution in [1.29, 1.82) is 0 Å². The van der Waals surface area contributed by atoms with Crippen molar-refractivity contribution in [2.24, 2.45) is 0 Å². The van der Waals surface area contributed by atoms with E-state index in [1.54, 1.807) is 12.1 Å². The minimum Gasteiger partial charge on any atom is -0.463 e. The molecule has 1 aliphatic carbocycles. The second-order valence-electron chi connectivity index (χ2n) is 30.5. The van der Waals surface area contributed by atoms with Gasteiger partial charge in [0, 0.05) is 74.5 Å². The van der Waals surface area contributed by atoms with Gasteiger partial charge in [-0.25, -0.2) is 0 Å². The van der Waals surface area contributed by atoms with Gasteiger partial charge in [-0.2, -0.15) is 26.3 Å². The van der Waals surface area contributed by atoms with Crippen LogP contribution in [0.4, 0.5) is 26.3 Å². The Kier molecular flexibility index (Phi) is 31.7. The van der Waals surface area contributed by atoms with Crippen LogP contribution in [0.15, 0.2) is 84.9 Å². The lowest BCUT2D eigenvalue weighted by molar-refractivity contribution is -0.254. The summed E-state index contributed by atoms with van der Waals surface area (Å²) in [6, 6.07) is 25.1. The summed E-state index contributed by atoms with van der Waals surface area (Å²) in [6.45, 7) is 34.7. The van der Waals surface area contributed by atoms with Crippen LogP contribution in [-0.2, 0) is 65.4 Å². The largest absolute Gasteiger partial charge is 0.463 e. The second-order valence-corrected chi connectivity index (χ2v) is 54.6. The summed E-state index contributed by atoms with van der Waals surface area (Å²) in [5.41, 5.74) is -4.60. The highest BCUT2D eigenvalue weighted by molar-refractivity contribution is 7.25. The summed E-state index contributed by atoms with van der Waals surface area (Å²) in [5.74, 6) is -19.7. The van der Waals surface area contributed by atoms with E-state index in [-0.39, 0.29) is 95.3 Å². The fourth-order valence-electron chi connectivity index (χ4n) is 11.9. The van der Waals surface area contributed by atoms with E-state index in [1.807, 2.05) is 53.7 Å². The molecule has 0 amide bonds. The molecule has 105 heavy (non-hydrogen) atoms. The zero-order valence-corrected chi connectivity index (χ0v) is 73.8. The van der Waals surface area contributed by atoms with Gasteiger partial charge in [-0.05, 0) is 196 Å². The first kappa shape index (κ1) is 87.7. The minimum atomic E-state index is -5.94. The number of benzene rings is 2. The van der Waals surface area contributed by atoms with Crippen LogP contribution in [0.1, 0.15) is 140 Å². The molecular formula is C75H106F6O14S4Si6. The maximum Gasteiger partial charge on any atom is 0.380 e. The second kappa shape index (κ2) is 37.9. The number of halogens is 6. The quantitative estimate of drug-likeness (QED) is 0.0117. The predicted molar refractivity (Wildman–Crippen MR) is 428 cm³/mol. The average molecular weight is 1640 g/mol. The molecule has 30 heteroatoms. The fourth-order valence-corrected chi connectivity index (χ4v) is 38.0. The number of hydrogen-bond donors (Lipinski definition) is 0. The molecule has 7 rings (SSSR count). The SMILES string of the molecule is CCCC[SiH2]O[Si](C)(C)O[Si](C)(C)CCCOCCOC(=O)CCC(=O)Oc1ccc(-c2sc(-c3ccc(C(C)(C)C)s3)cc2C2=C(c3cc(-c4ccc(C(C)(C)C)s4)sc3-c3ccc(OC(=O)CCC(=O)OCCOCCC[Si](C)(C)O[Si](C)(C)O[SiH2]CCCC)cc3)C(F)(F)C(F)(F)C2(F)F)cc1. The van der Waals surface area contributed by atoms with E-state index < -0.39 is 117 Å². The molecule has 0 unspecified atom stereocenters. The van der Waals surface area contributed by atoms with E-state index in [0.29, 0.717) is 32.7 Å². The van der Waals surface area contributed by atoms with Crippen LogP contribution in [-0.4, -0.2) is 135 Å². The predicted octanol–water partition coefficient (Wildman–Crippen LogP) is 20.8. The number of carbonyl (C=O) groups is 4. The molecule has 0 fully saturated rings. The lowest BCUT2D eigenvalue weighted by Crippen LogP contribution is -2.48. The van der Waals surface area contributed by atoms with E-state index in [4.69, 9.17) is 44.9 Å². The van der Waals surface area contributed by atoms with Gasteiger partial charge in [0.2, 0.25) is 0 Å². The number of esters is 4. The Bertz CT molecular complexity index is 3630. The number of hydrogen-bond acceptors (Lipinski definition) is 18. The van der Waals surface area contributed by atoms with Crippen molar-refractivity contribution in [3.63, 3.8) is 0 Å². The third-order valence-corrected chi connectivity index (χ3v) is 43.2. The van der Waals surface area contributed by atoms with Crippen molar-refractivity contribution in [2.45, 2.75) is 225 Å². The molecule has 0 N–H and O–H groups in total. The lowest BCUT2D eigenvalue weighted by Gasteiger charge is -2.33. The van der Waals surface area contributed by atoms with E-state index in [2.05, 4.69) is 66.2 Å². The van der Waals surface area contributed by atoms with E-state index in [9.17, 15) is 19.2 Å². The third kappa shape index (κ3) is 25.3. The van der Waals surface area contributed by atoms with Crippen molar-refractivity contribution in [1.82, 2.24) is 0 Å². The Morgan fingerprint density at radius 2 is 0.790 bits per heavy atom. The Morgan fingerprint density at radius 1 is 0.438 bits per heavy atom. The van der Waals surface area contributed by atoms with Gasteiger partial charge < -0.3 is 44.9 Å². The molecule has 0 bridgehead atoms. The van der Waals surface area contributed by atoms with Crippen molar-refractivity contribution >= 4 is 134 Å². The van der Waals surface area contributed by atoms with Gasteiger partial charge in [-0.15, -0.1) is 45.3 Å². The number of allylic oxidation sites excluding steroid dienone is 2. The Hall–Kier alpha value is -4.50.